The molecule has 2 radical (unpaired) electrons. The Bertz CT molecular complexity index is 124. The van der Waals surface area contributed by atoms with Gasteiger partial charge in [-0.1, -0.05) is 6.58 Å². The van der Waals surface area contributed by atoms with Crippen molar-refractivity contribution in [1.29, 1.82) is 0 Å². The fourth-order valence-electron chi connectivity index (χ4n) is 0.355. The summed E-state index contributed by atoms with van der Waals surface area (Å²) in [5.74, 6) is -0.563. The zero-order chi connectivity index (χ0) is 10.5. The van der Waals surface area contributed by atoms with E-state index < -0.39 is 5.97 Å². The minimum absolute atomic E-state index is 0.361. The molecule has 0 aliphatic rings. The molecule has 13 heavy (non-hydrogen) atoms. The minimum atomic E-state index is -0.563. The number of hydrogen-bond acceptors (Lipinski definition) is 3. The van der Waals surface area contributed by atoms with Crippen molar-refractivity contribution >= 4 is 28.5 Å². The summed E-state index contributed by atoms with van der Waals surface area (Å²) >= 11 is 1.45. The Labute approximate surface area is 93.5 Å². The van der Waals surface area contributed by atoms with Crippen molar-refractivity contribution in [3.05, 3.63) is 12.7 Å². The van der Waals surface area contributed by atoms with Gasteiger partial charge in [0.1, 0.15) is 0 Å². The van der Waals surface area contributed by atoms with Crippen LogP contribution in [0.4, 0.5) is 0 Å². The van der Waals surface area contributed by atoms with Crippen LogP contribution in [0.2, 0.25) is 4.44 Å². The maximum absolute atomic E-state index is 10.1. The summed E-state index contributed by atoms with van der Waals surface area (Å²) in [6.07, 6.45) is 3.86. The molecule has 0 unspecified atom stereocenters. The van der Waals surface area contributed by atoms with E-state index >= 15 is 0 Å². The van der Waals surface area contributed by atoms with Crippen LogP contribution in [0.25, 0.3) is 0 Å². The summed E-state index contributed by atoms with van der Waals surface area (Å²) < 4.78 is 1.47. The number of unbranched alkanes of at least 4 members (excludes halogenated alkanes) is 1. The molecule has 0 aliphatic heterocycles. The van der Waals surface area contributed by atoms with Gasteiger partial charge in [0.25, 0.3) is 0 Å². The topological polar surface area (TPSA) is 35.5 Å². The first-order valence-electron chi connectivity index (χ1n) is 4.38. The van der Waals surface area contributed by atoms with Gasteiger partial charge >= 0.3 is 52.7 Å². The van der Waals surface area contributed by atoms with Crippen LogP contribution in [0, 0.1) is 0 Å². The van der Waals surface area contributed by atoms with Crippen LogP contribution >= 0.6 is 0 Å². The van der Waals surface area contributed by atoms with Crippen LogP contribution in [0.15, 0.2) is 12.7 Å². The summed E-state index contributed by atoms with van der Waals surface area (Å²) in [5.41, 5.74) is 0. The average Bonchev–Trinajstić information content (AvgIpc) is 2.16. The van der Waals surface area contributed by atoms with E-state index in [0.29, 0.717) is 6.61 Å². The predicted molar refractivity (Wildman–Crippen MR) is 54.8 cm³/mol. The Morgan fingerprint density at radius 2 is 2.15 bits per heavy atom. The first kappa shape index (κ1) is 15.4. The fraction of sp³-hybridized carbons (Fsp3) is 0.667. The molecule has 4 heteroatoms. The van der Waals surface area contributed by atoms with E-state index in [1.807, 2.05) is 0 Å². The van der Waals surface area contributed by atoms with E-state index in [1.165, 1.54) is 39.8 Å². The molecule has 0 aromatic carbocycles. The predicted octanol–water partition coefficient (Wildman–Crippen LogP) is 1.77. The Morgan fingerprint density at radius 1 is 1.54 bits per heavy atom. The zero-order valence-corrected chi connectivity index (χ0v) is 11.7. The van der Waals surface area contributed by atoms with Crippen molar-refractivity contribution < 1.29 is 14.6 Å². The number of carbonyl (C=O) groups excluding carboxylic acids is 1. The Hall–Kier alpha value is -0.0313. The van der Waals surface area contributed by atoms with Crippen LogP contribution in [0.1, 0.15) is 26.7 Å². The van der Waals surface area contributed by atoms with Crippen LogP contribution < -0.4 is 0 Å². The van der Waals surface area contributed by atoms with Gasteiger partial charge in [-0.05, 0) is 6.92 Å². The van der Waals surface area contributed by atoms with Gasteiger partial charge < -0.3 is 0 Å². The van der Waals surface area contributed by atoms with Gasteiger partial charge in [0.05, 0.1) is 6.61 Å². The standard InChI is InChI=1S/C5H8O3.C4H9.Sn.H/c1-3-5(6)8-7-4-2;1-3-4-2;;/h3H,1,4H2,2H3;1,3-4H2,2H3;;. The molecule has 0 rings (SSSR count). The molecule has 0 saturated carbocycles. The molecule has 0 fully saturated rings. The molecule has 0 aromatic heterocycles. The molecular formula is C9H18O3Sn. The second kappa shape index (κ2) is 14.5. The summed E-state index contributed by atoms with van der Waals surface area (Å²) in [5, 5.41) is 0. The summed E-state index contributed by atoms with van der Waals surface area (Å²) in [7, 11) is 0. The molecule has 0 amide bonds. The van der Waals surface area contributed by atoms with Crippen molar-refractivity contribution in [3.8, 4) is 0 Å². The van der Waals surface area contributed by atoms with Gasteiger partial charge in [0, 0.05) is 6.08 Å². The van der Waals surface area contributed by atoms with E-state index in [1.54, 1.807) is 6.92 Å². The molecule has 3 nitrogen and oxygen atoms in total. The quantitative estimate of drug-likeness (QED) is 0.335. The van der Waals surface area contributed by atoms with Crippen molar-refractivity contribution in [3.63, 3.8) is 0 Å². The van der Waals surface area contributed by atoms with E-state index in [2.05, 4.69) is 23.3 Å². The first-order chi connectivity index (χ1) is 6.22. The maximum atomic E-state index is 10.1. The fourth-order valence-corrected chi connectivity index (χ4v) is 1.52. The second-order valence-electron chi connectivity index (χ2n) is 2.16. The van der Waals surface area contributed by atoms with E-state index in [-0.39, 0.29) is 0 Å². The molecule has 0 saturated heterocycles. The molecule has 0 bridgehead atoms. The first-order valence-corrected chi connectivity index (χ1v) is 6.71. The van der Waals surface area contributed by atoms with Gasteiger partial charge in [-0.15, -0.1) is 0 Å². The van der Waals surface area contributed by atoms with Crippen LogP contribution in [-0.2, 0) is 14.6 Å². The van der Waals surface area contributed by atoms with E-state index in [4.69, 9.17) is 0 Å². The van der Waals surface area contributed by atoms with Crippen molar-refractivity contribution in [2.45, 2.75) is 31.1 Å². The Balaban J connectivity index is 0. The van der Waals surface area contributed by atoms with E-state index in [0.717, 1.165) is 6.08 Å². The van der Waals surface area contributed by atoms with Crippen molar-refractivity contribution in [2.24, 2.45) is 0 Å². The van der Waals surface area contributed by atoms with Crippen molar-refractivity contribution in [1.82, 2.24) is 0 Å². The molecule has 0 heterocycles. The average molecular weight is 293 g/mol. The van der Waals surface area contributed by atoms with Crippen LogP contribution in [0.5, 0.6) is 0 Å². The summed E-state index contributed by atoms with van der Waals surface area (Å²) in [6, 6.07) is 0. The number of hydrogen-bond donors (Lipinski definition) is 0. The zero-order valence-electron chi connectivity index (χ0n) is 8.41. The van der Waals surface area contributed by atoms with Crippen LogP contribution in [0.3, 0.4) is 0 Å². The molecule has 0 N–H and O–H groups in total. The van der Waals surface area contributed by atoms with Crippen molar-refractivity contribution in [2.75, 3.05) is 6.61 Å². The normalized spacial score (nSPS) is 8.23. The molecule has 0 atom stereocenters. The summed E-state index contributed by atoms with van der Waals surface area (Å²) in [6.45, 7) is 7.47. The van der Waals surface area contributed by atoms with Gasteiger partial charge in [-0.2, -0.15) is 4.89 Å². The summed E-state index contributed by atoms with van der Waals surface area (Å²) in [4.78, 5) is 18.5. The molecule has 0 aromatic rings. The second-order valence-corrected chi connectivity index (χ2v) is 3.80. The van der Waals surface area contributed by atoms with Gasteiger partial charge in [-0.3, -0.25) is 4.89 Å². The third-order valence-electron chi connectivity index (χ3n) is 0.983. The Morgan fingerprint density at radius 3 is 2.38 bits per heavy atom. The molecular weight excluding hydrogens is 275 g/mol. The van der Waals surface area contributed by atoms with E-state index in [9.17, 15) is 4.79 Å². The van der Waals surface area contributed by atoms with Crippen LogP contribution in [-0.4, -0.2) is 35.1 Å². The third kappa shape index (κ3) is 18.7. The third-order valence-corrected chi connectivity index (χ3v) is 2.15. The Kier molecular flexibility index (Phi) is 17.2. The SMILES string of the molecule is C=CC(=O)OOCC.CCC[CH2][SnH]. The number of rotatable bonds is 5. The monoisotopic (exact) mass is 294 g/mol. The number of carbonyl (C=O) groups is 1. The molecule has 0 aliphatic carbocycles. The van der Waals surface area contributed by atoms with Gasteiger partial charge in [0.15, 0.2) is 0 Å². The molecule has 76 valence electrons. The molecule has 0 spiro atoms. The van der Waals surface area contributed by atoms with Gasteiger partial charge in [-0.25, -0.2) is 4.79 Å². The van der Waals surface area contributed by atoms with Gasteiger partial charge in [0.2, 0.25) is 0 Å².